The van der Waals surface area contributed by atoms with Gasteiger partial charge in [0.1, 0.15) is 5.78 Å². The van der Waals surface area contributed by atoms with Gasteiger partial charge in [-0.3, -0.25) is 4.79 Å². The summed E-state index contributed by atoms with van der Waals surface area (Å²) < 4.78 is 13.5. The van der Waals surface area contributed by atoms with Gasteiger partial charge in [0.15, 0.2) is 0 Å². The lowest BCUT2D eigenvalue weighted by Crippen LogP contribution is -1.95. The van der Waals surface area contributed by atoms with Crippen LogP contribution in [0.2, 0.25) is 0 Å². The molecule has 0 unspecified atom stereocenters. The highest BCUT2D eigenvalue weighted by molar-refractivity contribution is 5.74. The maximum atomic E-state index is 9.82. The van der Waals surface area contributed by atoms with E-state index >= 15 is 0 Å². The number of ketones is 1. The number of carbonyl (C=O) groups is 2. The topological polar surface area (TPSA) is 61.8 Å². The van der Waals surface area contributed by atoms with Crippen LogP contribution in [0.15, 0.2) is 0 Å². The Morgan fingerprint density at radius 1 is 0.696 bits per heavy atom. The predicted molar refractivity (Wildman–Crippen MR) is 99.0 cm³/mol. The average molecular weight is 339 g/mol. The van der Waals surface area contributed by atoms with Crippen molar-refractivity contribution in [2.24, 2.45) is 0 Å². The van der Waals surface area contributed by atoms with Gasteiger partial charge in [-0.2, -0.15) is 0 Å². The van der Waals surface area contributed by atoms with E-state index in [0.717, 1.165) is 13.2 Å². The SMILES string of the molecule is CCC(C)=O.CCCC.CCOC.CCOC.CCOC(C)=O. The summed E-state index contributed by atoms with van der Waals surface area (Å²) in [5, 5.41) is 0. The molecule has 5 heteroatoms. The van der Waals surface area contributed by atoms with E-state index in [-0.39, 0.29) is 11.8 Å². The van der Waals surface area contributed by atoms with E-state index in [4.69, 9.17) is 0 Å². The van der Waals surface area contributed by atoms with Crippen molar-refractivity contribution in [3.8, 4) is 0 Å². The second kappa shape index (κ2) is 42.9. The van der Waals surface area contributed by atoms with E-state index in [2.05, 4.69) is 28.1 Å². The van der Waals surface area contributed by atoms with Crippen LogP contribution in [0, 0.1) is 0 Å². The van der Waals surface area contributed by atoms with Gasteiger partial charge in [0.25, 0.3) is 0 Å². The van der Waals surface area contributed by atoms with Crippen molar-refractivity contribution < 1.29 is 23.8 Å². The van der Waals surface area contributed by atoms with Gasteiger partial charge in [0.2, 0.25) is 0 Å². The van der Waals surface area contributed by atoms with Crippen molar-refractivity contribution in [1.29, 1.82) is 0 Å². The second-order valence-corrected chi connectivity index (χ2v) is 4.13. The van der Waals surface area contributed by atoms with E-state index in [9.17, 15) is 9.59 Å². The summed E-state index contributed by atoms with van der Waals surface area (Å²) in [6, 6.07) is 0. The predicted octanol–water partition coefficient (Wildman–Crippen LogP) is 4.67. The van der Waals surface area contributed by atoms with Crippen LogP contribution in [0.5, 0.6) is 0 Å². The minimum atomic E-state index is -0.211. The Hall–Kier alpha value is -0.940. The first-order valence-corrected chi connectivity index (χ1v) is 8.39. The summed E-state index contributed by atoms with van der Waals surface area (Å²) in [6.07, 6.45) is 3.31. The van der Waals surface area contributed by atoms with Gasteiger partial charge >= 0.3 is 5.97 Å². The normalized spacial score (nSPS) is 7.57. The zero-order valence-electron chi connectivity index (χ0n) is 17.3. The molecule has 5 nitrogen and oxygen atoms in total. The molecule has 0 aliphatic rings. The summed E-state index contributed by atoms with van der Waals surface area (Å²) in [7, 11) is 3.36. The minimum absolute atomic E-state index is 0.211. The van der Waals surface area contributed by atoms with Crippen LogP contribution >= 0.6 is 0 Å². The number of unbranched alkanes of at least 4 members (excludes halogenated alkanes) is 1. The van der Waals surface area contributed by atoms with E-state index in [1.807, 2.05) is 20.8 Å². The van der Waals surface area contributed by atoms with Gasteiger partial charge < -0.3 is 19.0 Å². The van der Waals surface area contributed by atoms with Crippen LogP contribution in [-0.4, -0.2) is 45.8 Å². The van der Waals surface area contributed by atoms with Crippen LogP contribution < -0.4 is 0 Å². The van der Waals surface area contributed by atoms with Crippen molar-refractivity contribution in [3.05, 3.63) is 0 Å². The Bertz CT molecular complexity index is 178. The summed E-state index contributed by atoms with van der Waals surface area (Å²) in [5.41, 5.74) is 0. The molecular formula is C18H42O5. The number of Topliss-reactive ketones (excluding diaryl/α,β-unsaturated/α-hetero) is 1. The van der Waals surface area contributed by atoms with E-state index in [1.165, 1.54) is 19.8 Å². The number of ether oxygens (including phenoxy) is 3. The smallest absolute Gasteiger partial charge is 0.302 e. The maximum absolute atomic E-state index is 9.82. The van der Waals surface area contributed by atoms with Crippen LogP contribution in [0.1, 0.15) is 74.7 Å². The molecule has 144 valence electrons. The number of rotatable bonds is 5. The molecule has 0 bridgehead atoms. The number of hydrogen-bond donors (Lipinski definition) is 0. The van der Waals surface area contributed by atoms with Crippen molar-refractivity contribution in [3.63, 3.8) is 0 Å². The third-order valence-corrected chi connectivity index (χ3v) is 1.92. The molecule has 0 spiro atoms. The molecule has 0 atom stereocenters. The number of esters is 1. The zero-order valence-corrected chi connectivity index (χ0v) is 17.3. The van der Waals surface area contributed by atoms with Crippen molar-refractivity contribution in [2.75, 3.05) is 34.0 Å². The molecule has 0 rings (SSSR count). The molecule has 0 aromatic heterocycles. The molecule has 0 heterocycles. The Morgan fingerprint density at radius 3 is 0.957 bits per heavy atom. The van der Waals surface area contributed by atoms with Crippen LogP contribution in [0.4, 0.5) is 0 Å². The maximum Gasteiger partial charge on any atom is 0.302 e. The lowest BCUT2D eigenvalue weighted by molar-refractivity contribution is -0.140. The van der Waals surface area contributed by atoms with Gasteiger partial charge in [-0.25, -0.2) is 0 Å². The second-order valence-electron chi connectivity index (χ2n) is 4.13. The van der Waals surface area contributed by atoms with Crippen LogP contribution in [0.3, 0.4) is 0 Å². The lowest BCUT2D eigenvalue weighted by Gasteiger charge is -1.89. The quantitative estimate of drug-likeness (QED) is 0.682. The Labute approximate surface area is 145 Å². The van der Waals surface area contributed by atoms with E-state index in [0.29, 0.717) is 13.0 Å². The fourth-order valence-corrected chi connectivity index (χ4v) is 0.203. The molecule has 0 saturated carbocycles. The highest BCUT2D eigenvalue weighted by atomic mass is 16.5. The summed E-state index contributed by atoms with van der Waals surface area (Å²) in [6.45, 7) is 17.0. The summed E-state index contributed by atoms with van der Waals surface area (Å²) in [5.74, 6) is 0.0440. The number of hydrogen-bond acceptors (Lipinski definition) is 5. The molecule has 0 saturated heterocycles. The molecule has 0 fully saturated rings. The summed E-state index contributed by atoms with van der Waals surface area (Å²) in [4.78, 5) is 19.6. The number of methoxy groups -OCH3 is 2. The molecule has 0 aliphatic heterocycles. The van der Waals surface area contributed by atoms with Gasteiger partial charge in [-0.15, -0.1) is 0 Å². The number of carbonyl (C=O) groups excluding carboxylic acids is 2. The highest BCUT2D eigenvalue weighted by Gasteiger charge is 1.81. The highest BCUT2D eigenvalue weighted by Crippen LogP contribution is 1.76. The van der Waals surface area contributed by atoms with Gasteiger partial charge in [0.05, 0.1) is 6.61 Å². The Kier molecular flexibility index (Phi) is 62.7. The molecule has 0 N–H and O–H groups in total. The zero-order chi connectivity index (χ0) is 19.5. The standard InChI is InChI=1S/C4H8O2.C4H8O.C4H10.2C3H8O/c1-3-6-4(2)5;1-3-4(2)5;3*1-3-4-2/h3H2,1-2H3;3H2,1-2H3;3-4H2,1-2H3;2*3H2,1-2H3. The van der Waals surface area contributed by atoms with Gasteiger partial charge in [-0.1, -0.05) is 33.6 Å². The molecule has 0 radical (unpaired) electrons. The molecule has 0 aromatic rings. The third kappa shape index (κ3) is 153. The van der Waals surface area contributed by atoms with E-state index < -0.39 is 0 Å². The molecule has 23 heavy (non-hydrogen) atoms. The first-order valence-electron chi connectivity index (χ1n) is 8.39. The summed E-state index contributed by atoms with van der Waals surface area (Å²) >= 11 is 0. The monoisotopic (exact) mass is 338 g/mol. The van der Waals surface area contributed by atoms with Crippen molar-refractivity contribution >= 4 is 11.8 Å². The molecule has 0 amide bonds. The van der Waals surface area contributed by atoms with Crippen molar-refractivity contribution in [1.82, 2.24) is 0 Å². The van der Waals surface area contributed by atoms with Crippen molar-refractivity contribution in [2.45, 2.75) is 74.7 Å². The van der Waals surface area contributed by atoms with Gasteiger partial charge in [0, 0.05) is 40.8 Å². The lowest BCUT2D eigenvalue weighted by atomic mass is 10.4. The Balaban J connectivity index is -0.0000000594. The largest absolute Gasteiger partial charge is 0.466 e. The fourth-order valence-electron chi connectivity index (χ4n) is 0.203. The third-order valence-electron chi connectivity index (χ3n) is 1.92. The van der Waals surface area contributed by atoms with E-state index in [1.54, 1.807) is 28.1 Å². The fraction of sp³-hybridized carbons (Fsp3) is 0.889. The Morgan fingerprint density at radius 2 is 0.957 bits per heavy atom. The molecular weight excluding hydrogens is 296 g/mol. The molecule has 0 aliphatic carbocycles. The first kappa shape index (κ1) is 33.6. The van der Waals surface area contributed by atoms with Crippen LogP contribution in [0.25, 0.3) is 0 Å². The molecule has 0 aromatic carbocycles. The first-order chi connectivity index (χ1) is 10.8. The minimum Gasteiger partial charge on any atom is -0.466 e. The van der Waals surface area contributed by atoms with Crippen LogP contribution in [-0.2, 0) is 23.8 Å². The van der Waals surface area contributed by atoms with Gasteiger partial charge in [-0.05, 0) is 27.7 Å². The average Bonchev–Trinajstić information content (AvgIpc) is 2.55.